The number of rotatable bonds is 2. The van der Waals surface area contributed by atoms with Gasteiger partial charge in [-0.05, 0) is 30.9 Å². The van der Waals surface area contributed by atoms with Crippen molar-refractivity contribution in [2.45, 2.75) is 31.5 Å². The molecular formula is C13H18BrNOS. The minimum absolute atomic E-state index is 0.200. The van der Waals surface area contributed by atoms with Crippen LogP contribution in [0.4, 0.5) is 0 Å². The van der Waals surface area contributed by atoms with Gasteiger partial charge >= 0.3 is 0 Å². The first-order chi connectivity index (χ1) is 8.11. The van der Waals surface area contributed by atoms with E-state index in [1.807, 2.05) is 11.0 Å². The molecule has 1 aliphatic heterocycles. The summed E-state index contributed by atoms with van der Waals surface area (Å²) in [4.78, 5) is 16.9. The Morgan fingerprint density at radius 1 is 1.59 bits per heavy atom. The smallest absolute Gasteiger partial charge is 0.263 e. The predicted octanol–water partition coefficient (Wildman–Crippen LogP) is 3.56. The summed E-state index contributed by atoms with van der Waals surface area (Å²) in [5, 5.41) is 0. The Balaban J connectivity index is 2.05. The van der Waals surface area contributed by atoms with Crippen LogP contribution in [0.5, 0.6) is 0 Å². The second-order valence-electron chi connectivity index (χ2n) is 4.65. The fourth-order valence-corrected chi connectivity index (χ4v) is 3.57. The van der Waals surface area contributed by atoms with E-state index >= 15 is 0 Å². The number of thiophene rings is 1. The molecule has 0 N–H and O–H groups in total. The molecular weight excluding hydrogens is 298 g/mol. The van der Waals surface area contributed by atoms with Crippen molar-refractivity contribution in [2.75, 3.05) is 13.1 Å². The zero-order chi connectivity index (χ0) is 12.4. The summed E-state index contributed by atoms with van der Waals surface area (Å²) in [6.45, 7) is 6.08. The summed E-state index contributed by atoms with van der Waals surface area (Å²) < 4.78 is 0. The molecule has 1 fully saturated rings. The summed E-state index contributed by atoms with van der Waals surface area (Å²) in [5.41, 5.74) is 0. The quantitative estimate of drug-likeness (QED) is 0.764. The molecule has 0 aromatic carbocycles. The lowest BCUT2D eigenvalue weighted by Gasteiger charge is -2.33. The molecule has 2 rings (SSSR count). The molecule has 2 atom stereocenters. The lowest BCUT2D eigenvalue weighted by atomic mass is 9.99. The number of amides is 1. The van der Waals surface area contributed by atoms with Gasteiger partial charge in [-0.2, -0.15) is 0 Å². The number of carbonyl (C=O) groups is 1. The number of hydrogen-bond donors (Lipinski definition) is 0. The lowest BCUT2D eigenvalue weighted by molar-refractivity contribution is 0.0711. The Hall–Kier alpha value is -0.350. The molecule has 1 aromatic rings. The molecule has 2 nitrogen and oxygen atoms in total. The van der Waals surface area contributed by atoms with Gasteiger partial charge in [-0.15, -0.1) is 11.3 Å². The van der Waals surface area contributed by atoms with Crippen LogP contribution in [0.1, 0.15) is 34.8 Å². The normalized spacial score (nSPS) is 25.0. The monoisotopic (exact) mass is 315 g/mol. The van der Waals surface area contributed by atoms with E-state index in [2.05, 4.69) is 35.8 Å². The van der Waals surface area contributed by atoms with E-state index in [4.69, 9.17) is 0 Å². The van der Waals surface area contributed by atoms with Gasteiger partial charge < -0.3 is 4.90 Å². The maximum Gasteiger partial charge on any atom is 0.263 e. The summed E-state index contributed by atoms with van der Waals surface area (Å²) in [6.07, 6.45) is 2.10. The summed E-state index contributed by atoms with van der Waals surface area (Å²) in [6, 6.07) is 4.03. The van der Waals surface area contributed by atoms with Crippen molar-refractivity contribution in [2.24, 2.45) is 5.92 Å². The van der Waals surface area contributed by atoms with Crippen molar-refractivity contribution in [3.05, 3.63) is 21.9 Å². The molecule has 1 aromatic heterocycles. The predicted molar refractivity (Wildman–Crippen MR) is 76.1 cm³/mol. The topological polar surface area (TPSA) is 20.3 Å². The molecule has 0 saturated carbocycles. The number of hydrogen-bond acceptors (Lipinski definition) is 2. The first-order valence-corrected chi connectivity index (χ1v) is 7.87. The molecule has 0 bridgehead atoms. The zero-order valence-electron chi connectivity index (χ0n) is 10.3. The van der Waals surface area contributed by atoms with Crippen molar-refractivity contribution in [3.8, 4) is 0 Å². The Kier molecular flexibility index (Phi) is 4.26. The average molecular weight is 316 g/mol. The molecule has 94 valence electrons. The number of piperidine rings is 1. The molecule has 1 amide bonds. The van der Waals surface area contributed by atoms with Gasteiger partial charge in [-0.25, -0.2) is 0 Å². The van der Waals surface area contributed by atoms with Crippen LogP contribution in [0.3, 0.4) is 0 Å². The molecule has 4 heteroatoms. The van der Waals surface area contributed by atoms with E-state index in [0.717, 1.165) is 30.8 Å². The third-order valence-corrected chi connectivity index (χ3v) is 5.78. The van der Waals surface area contributed by atoms with Gasteiger partial charge in [0.05, 0.1) is 4.88 Å². The van der Waals surface area contributed by atoms with Crippen molar-refractivity contribution >= 4 is 33.2 Å². The van der Waals surface area contributed by atoms with Crippen LogP contribution < -0.4 is 0 Å². The molecule has 0 aliphatic carbocycles. The van der Waals surface area contributed by atoms with Crippen LogP contribution in [0, 0.1) is 5.92 Å². The van der Waals surface area contributed by atoms with Crippen molar-refractivity contribution in [1.29, 1.82) is 0 Å². The second kappa shape index (κ2) is 5.53. The largest absolute Gasteiger partial charge is 0.337 e. The third-order valence-electron chi connectivity index (χ3n) is 3.37. The van der Waals surface area contributed by atoms with E-state index in [1.165, 1.54) is 4.88 Å². The van der Waals surface area contributed by atoms with Gasteiger partial charge in [0.15, 0.2) is 0 Å². The number of likely N-dealkylation sites (tertiary alicyclic amines) is 1. The van der Waals surface area contributed by atoms with Crippen LogP contribution in [0.2, 0.25) is 0 Å². The highest BCUT2D eigenvalue weighted by atomic mass is 79.9. The number of aryl methyl sites for hydroxylation is 1. The van der Waals surface area contributed by atoms with Crippen molar-refractivity contribution < 1.29 is 4.79 Å². The highest BCUT2D eigenvalue weighted by Crippen LogP contribution is 2.26. The maximum atomic E-state index is 12.3. The van der Waals surface area contributed by atoms with Crippen LogP contribution >= 0.6 is 27.3 Å². The Morgan fingerprint density at radius 3 is 2.94 bits per heavy atom. The molecule has 1 saturated heterocycles. The summed E-state index contributed by atoms with van der Waals surface area (Å²) >= 11 is 5.29. The summed E-state index contributed by atoms with van der Waals surface area (Å²) in [5.74, 6) is 0.861. The Labute approximate surface area is 115 Å². The van der Waals surface area contributed by atoms with Gasteiger partial charge in [0, 0.05) is 22.8 Å². The van der Waals surface area contributed by atoms with Crippen molar-refractivity contribution in [1.82, 2.24) is 4.90 Å². The number of nitrogens with zero attached hydrogens (tertiary/aromatic N) is 1. The highest BCUT2D eigenvalue weighted by Gasteiger charge is 2.28. The Bertz CT molecular complexity index is 404. The van der Waals surface area contributed by atoms with Gasteiger partial charge in [0.2, 0.25) is 0 Å². The second-order valence-corrected chi connectivity index (χ2v) is 7.00. The third kappa shape index (κ3) is 2.91. The fourth-order valence-electron chi connectivity index (χ4n) is 2.05. The van der Waals surface area contributed by atoms with E-state index in [-0.39, 0.29) is 5.91 Å². The molecule has 0 radical (unpaired) electrons. The molecule has 2 unspecified atom stereocenters. The fraction of sp³-hybridized carbons (Fsp3) is 0.615. The molecule has 2 heterocycles. The standard InChI is InChI=1S/C13H18BrNOS/c1-3-10-4-5-12(17-10)13(16)15-7-6-9(2)11(14)8-15/h4-5,9,11H,3,6-8H2,1-2H3. The zero-order valence-corrected chi connectivity index (χ0v) is 12.7. The number of carbonyl (C=O) groups excluding carboxylic acids is 1. The Morgan fingerprint density at radius 2 is 2.35 bits per heavy atom. The van der Waals surface area contributed by atoms with Gasteiger partial charge in [0.1, 0.15) is 0 Å². The number of alkyl halides is 1. The lowest BCUT2D eigenvalue weighted by Crippen LogP contribution is -2.43. The van der Waals surface area contributed by atoms with E-state index in [0.29, 0.717) is 10.7 Å². The van der Waals surface area contributed by atoms with Crippen LogP contribution in [0.25, 0.3) is 0 Å². The molecule has 0 spiro atoms. The first kappa shape index (κ1) is 13.1. The van der Waals surface area contributed by atoms with Gasteiger partial charge in [0.25, 0.3) is 5.91 Å². The van der Waals surface area contributed by atoms with Crippen LogP contribution in [-0.2, 0) is 6.42 Å². The van der Waals surface area contributed by atoms with E-state index in [9.17, 15) is 4.79 Å². The number of halogens is 1. The minimum atomic E-state index is 0.200. The van der Waals surface area contributed by atoms with Gasteiger partial charge in [-0.1, -0.05) is 29.8 Å². The summed E-state index contributed by atoms with van der Waals surface area (Å²) in [7, 11) is 0. The minimum Gasteiger partial charge on any atom is -0.337 e. The van der Waals surface area contributed by atoms with Crippen LogP contribution in [-0.4, -0.2) is 28.7 Å². The first-order valence-electron chi connectivity index (χ1n) is 6.14. The SMILES string of the molecule is CCc1ccc(C(=O)N2CCC(C)C(Br)C2)s1. The van der Waals surface area contributed by atoms with E-state index < -0.39 is 0 Å². The highest BCUT2D eigenvalue weighted by molar-refractivity contribution is 9.09. The molecule has 17 heavy (non-hydrogen) atoms. The van der Waals surface area contributed by atoms with E-state index in [1.54, 1.807) is 11.3 Å². The van der Waals surface area contributed by atoms with Crippen molar-refractivity contribution in [3.63, 3.8) is 0 Å². The van der Waals surface area contributed by atoms with Gasteiger partial charge in [-0.3, -0.25) is 4.79 Å². The average Bonchev–Trinajstić information content (AvgIpc) is 2.80. The maximum absolute atomic E-state index is 12.3. The molecule has 1 aliphatic rings. The van der Waals surface area contributed by atoms with Crippen LogP contribution in [0.15, 0.2) is 12.1 Å².